The second-order valence-electron chi connectivity index (χ2n) is 4.52. The van der Waals surface area contributed by atoms with Crippen LogP contribution in [0.3, 0.4) is 0 Å². The number of ether oxygens (including phenoxy) is 1. The summed E-state index contributed by atoms with van der Waals surface area (Å²) in [6, 6.07) is 1.82. The minimum Gasteiger partial charge on any atom is -0.378 e. The molecule has 2 heterocycles. The van der Waals surface area contributed by atoms with Crippen LogP contribution in [-0.4, -0.2) is 53.3 Å². The average molecular weight is 301 g/mol. The van der Waals surface area contributed by atoms with E-state index < -0.39 is 0 Å². The van der Waals surface area contributed by atoms with E-state index in [0.717, 1.165) is 17.7 Å². The molecule has 0 bridgehead atoms. The Morgan fingerprint density at radius 2 is 2.26 bits per heavy atom. The summed E-state index contributed by atoms with van der Waals surface area (Å²) in [5.41, 5.74) is 1.66. The van der Waals surface area contributed by atoms with Gasteiger partial charge in [0.15, 0.2) is 10.4 Å². The Labute approximate surface area is 122 Å². The maximum Gasteiger partial charge on any atom is 0.179 e. The van der Waals surface area contributed by atoms with Gasteiger partial charge in [0.25, 0.3) is 0 Å². The minimum absolute atomic E-state index is 0.595. The van der Waals surface area contributed by atoms with Crippen LogP contribution in [0.5, 0.6) is 0 Å². The third-order valence-corrected chi connectivity index (χ3v) is 3.25. The zero-order chi connectivity index (χ0) is 13.8. The van der Waals surface area contributed by atoms with Crippen molar-refractivity contribution in [1.82, 2.24) is 19.4 Å². The number of nitrogens with zero attached hydrogens (tertiary/aromatic N) is 3. The first kappa shape index (κ1) is 14.5. The largest absolute Gasteiger partial charge is 0.378 e. The first-order valence-electron chi connectivity index (χ1n) is 6.04. The van der Waals surface area contributed by atoms with Gasteiger partial charge in [-0.25, -0.2) is 4.98 Å². The molecule has 0 radical (unpaired) electrons. The Hall–Kier alpha value is -0.950. The van der Waals surface area contributed by atoms with Crippen LogP contribution in [0.2, 0.25) is 5.02 Å². The first-order valence-corrected chi connectivity index (χ1v) is 6.83. The highest BCUT2D eigenvalue weighted by Crippen LogP contribution is 2.16. The van der Waals surface area contributed by atoms with E-state index in [1.165, 1.54) is 0 Å². The SMILES string of the molecule is CN(C)CCOCCn1c(=S)[nH]c2cc(Cl)cnc21. The van der Waals surface area contributed by atoms with Crippen LogP contribution in [0.25, 0.3) is 11.2 Å². The highest BCUT2D eigenvalue weighted by atomic mass is 35.5. The molecule has 104 valence electrons. The first-order chi connectivity index (χ1) is 9.08. The molecule has 0 aromatic carbocycles. The number of imidazole rings is 1. The van der Waals surface area contributed by atoms with Crippen molar-refractivity contribution in [1.29, 1.82) is 0 Å². The lowest BCUT2D eigenvalue weighted by atomic mass is 10.4. The number of likely N-dealkylation sites (N-methyl/N-ethyl adjacent to an activating group) is 1. The fourth-order valence-electron chi connectivity index (χ4n) is 1.73. The molecule has 7 heteroatoms. The number of pyridine rings is 1. The molecular weight excluding hydrogens is 284 g/mol. The second kappa shape index (κ2) is 6.47. The topological polar surface area (TPSA) is 46.1 Å². The Morgan fingerprint density at radius 1 is 1.47 bits per heavy atom. The van der Waals surface area contributed by atoms with Gasteiger partial charge >= 0.3 is 0 Å². The van der Waals surface area contributed by atoms with E-state index in [0.29, 0.717) is 29.6 Å². The summed E-state index contributed by atoms with van der Waals surface area (Å²) < 4.78 is 8.14. The number of H-pyrrole nitrogens is 1. The van der Waals surface area contributed by atoms with E-state index in [4.69, 9.17) is 28.6 Å². The number of aromatic nitrogens is 3. The number of hydrogen-bond acceptors (Lipinski definition) is 4. The van der Waals surface area contributed by atoms with Crippen LogP contribution in [-0.2, 0) is 11.3 Å². The molecule has 0 saturated heterocycles. The lowest BCUT2D eigenvalue weighted by Crippen LogP contribution is -2.19. The Balaban J connectivity index is 2.00. The van der Waals surface area contributed by atoms with E-state index >= 15 is 0 Å². The third-order valence-electron chi connectivity index (χ3n) is 2.72. The van der Waals surface area contributed by atoms with Crippen LogP contribution < -0.4 is 0 Å². The molecule has 0 amide bonds. The molecule has 0 aliphatic rings. The van der Waals surface area contributed by atoms with Crippen LogP contribution in [0, 0.1) is 4.77 Å². The average Bonchev–Trinajstić information content (AvgIpc) is 2.64. The zero-order valence-electron chi connectivity index (χ0n) is 11.0. The molecule has 5 nitrogen and oxygen atoms in total. The van der Waals surface area contributed by atoms with Gasteiger partial charge in [0.1, 0.15) is 0 Å². The molecule has 0 atom stereocenters. The van der Waals surface area contributed by atoms with Crippen LogP contribution in [0.1, 0.15) is 0 Å². The van der Waals surface area contributed by atoms with Gasteiger partial charge in [0, 0.05) is 12.7 Å². The van der Waals surface area contributed by atoms with Crippen molar-refractivity contribution in [3.8, 4) is 0 Å². The van der Waals surface area contributed by atoms with E-state index in [-0.39, 0.29) is 0 Å². The number of rotatable bonds is 6. The van der Waals surface area contributed by atoms with Crippen molar-refractivity contribution in [3.05, 3.63) is 22.1 Å². The summed E-state index contributed by atoms with van der Waals surface area (Å²) in [6.07, 6.45) is 1.62. The number of hydrogen-bond donors (Lipinski definition) is 1. The van der Waals surface area contributed by atoms with E-state index in [2.05, 4.69) is 14.9 Å². The zero-order valence-corrected chi connectivity index (χ0v) is 12.6. The summed E-state index contributed by atoms with van der Waals surface area (Å²) in [6.45, 7) is 2.91. The summed E-state index contributed by atoms with van der Waals surface area (Å²) in [5.74, 6) is 0. The second-order valence-corrected chi connectivity index (χ2v) is 5.35. The molecule has 0 fully saturated rings. The summed E-state index contributed by atoms with van der Waals surface area (Å²) in [5, 5.41) is 0.595. The molecule has 0 aliphatic carbocycles. The number of nitrogens with one attached hydrogen (secondary N) is 1. The summed E-state index contributed by atoms with van der Waals surface area (Å²) in [4.78, 5) is 9.48. The summed E-state index contributed by atoms with van der Waals surface area (Å²) >= 11 is 11.2. The van der Waals surface area contributed by atoms with Gasteiger partial charge in [-0.1, -0.05) is 11.6 Å². The van der Waals surface area contributed by atoms with Crippen molar-refractivity contribution in [2.45, 2.75) is 6.54 Å². The number of aromatic amines is 1. The molecule has 0 aliphatic heterocycles. The van der Waals surface area contributed by atoms with Gasteiger partial charge in [-0.15, -0.1) is 0 Å². The molecular formula is C12H17ClN4OS. The lowest BCUT2D eigenvalue weighted by molar-refractivity contribution is 0.111. The standard InChI is InChI=1S/C12H17ClN4OS/c1-16(2)3-5-18-6-4-17-11-10(15-12(17)19)7-9(13)8-14-11/h7-8H,3-6H2,1-2H3,(H,15,19). The smallest absolute Gasteiger partial charge is 0.179 e. The maximum absolute atomic E-state index is 5.90. The highest BCUT2D eigenvalue weighted by Gasteiger charge is 2.06. The van der Waals surface area contributed by atoms with E-state index in [9.17, 15) is 0 Å². The molecule has 0 saturated carbocycles. The van der Waals surface area contributed by atoms with E-state index in [1.54, 1.807) is 6.20 Å². The monoisotopic (exact) mass is 300 g/mol. The van der Waals surface area contributed by atoms with Gasteiger partial charge in [-0.3, -0.25) is 4.57 Å². The van der Waals surface area contributed by atoms with Crippen molar-refractivity contribution in [2.24, 2.45) is 0 Å². The van der Waals surface area contributed by atoms with Crippen molar-refractivity contribution >= 4 is 35.0 Å². The lowest BCUT2D eigenvalue weighted by Gasteiger charge is -2.10. The molecule has 2 aromatic heterocycles. The van der Waals surface area contributed by atoms with Crippen molar-refractivity contribution in [2.75, 3.05) is 33.9 Å². The fraction of sp³-hybridized carbons (Fsp3) is 0.500. The van der Waals surface area contributed by atoms with Gasteiger partial charge in [0.2, 0.25) is 0 Å². The van der Waals surface area contributed by atoms with Crippen LogP contribution >= 0.6 is 23.8 Å². The van der Waals surface area contributed by atoms with Gasteiger partial charge in [0.05, 0.1) is 30.3 Å². The molecule has 2 rings (SSSR count). The molecule has 0 spiro atoms. The normalized spacial score (nSPS) is 11.6. The van der Waals surface area contributed by atoms with Gasteiger partial charge in [-0.05, 0) is 32.4 Å². The Morgan fingerprint density at radius 3 is 3.00 bits per heavy atom. The quantitative estimate of drug-likeness (QED) is 0.657. The van der Waals surface area contributed by atoms with Crippen molar-refractivity contribution in [3.63, 3.8) is 0 Å². The predicted molar refractivity (Wildman–Crippen MR) is 79.3 cm³/mol. The predicted octanol–water partition coefficient (Wildman–Crippen LogP) is 2.33. The van der Waals surface area contributed by atoms with Crippen LogP contribution in [0.4, 0.5) is 0 Å². The Kier molecular flexibility index (Phi) is 4.93. The van der Waals surface area contributed by atoms with Gasteiger partial charge in [-0.2, -0.15) is 0 Å². The van der Waals surface area contributed by atoms with E-state index in [1.807, 2.05) is 24.7 Å². The summed E-state index contributed by atoms with van der Waals surface area (Å²) in [7, 11) is 4.04. The molecule has 1 N–H and O–H groups in total. The van der Waals surface area contributed by atoms with Crippen molar-refractivity contribution < 1.29 is 4.74 Å². The number of halogens is 1. The minimum atomic E-state index is 0.595. The molecule has 19 heavy (non-hydrogen) atoms. The van der Waals surface area contributed by atoms with Gasteiger partial charge < -0.3 is 14.6 Å². The fourth-order valence-corrected chi connectivity index (χ4v) is 2.18. The maximum atomic E-state index is 5.90. The third kappa shape index (κ3) is 3.76. The molecule has 0 unspecified atom stereocenters. The van der Waals surface area contributed by atoms with Crippen LogP contribution in [0.15, 0.2) is 12.3 Å². The Bertz CT molecular complexity index is 607. The number of fused-ring (bicyclic) bond motifs is 1. The highest BCUT2D eigenvalue weighted by molar-refractivity contribution is 7.71. The molecule has 2 aromatic rings.